The molecule has 3 heterocycles. The summed E-state index contributed by atoms with van der Waals surface area (Å²) < 4.78 is 7.38. The smallest absolute Gasteiger partial charge is 0.254 e. The molecule has 0 radical (unpaired) electrons. The van der Waals surface area contributed by atoms with Crippen LogP contribution >= 0.6 is 11.8 Å². The number of hydrogen-bond donors (Lipinski definition) is 0. The van der Waals surface area contributed by atoms with Gasteiger partial charge in [0.05, 0.1) is 23.9 Å². The number of amides is 1. The Hall–Kier alpha value is -1.34. The number of carbonyl (C=O) groups is 1. The molecule has 0 N–H and O–H groups in total. The first-order valence-electron chi connectivity index (χ1n) is 8.54. The van der Waals surface area contributed by atoms with Crippen molar-refractivity contribution in [3.63, 3.8) is 0 Å². The second-order valence-electron chi connectivity index (χ2n) is 7.05. The Bertz CT molecular complexity index is 678. The molecule has 1 aromatic rings. The van der Waals surface area contributed by atoms with Gasteiger partial charge >= 0.3 is 0 Å². The Balaban J connectivity index is 1.75. The van der Waals surface area contributed by atoms with E-state index in [9.17, 15) is 9.59 Å². The van der Waals surface area contributed by atoms with Gasteiger partial charge in [0.15, 0.2) is 5.16 Å². The van der Waals surface area contributed by atoms with Gasteiger partial charge in [0.2, 0.25) is 5.91 Å². The summed E-state index contributed by atoms with van der Waals surface area (Å²) in [5.41, 5.74) is 0.775. The Morgan fingerprint density at radius 3 is 2.67 bits per heavy atom. The Morgan fingerprint density at radius 1 is 1.38 bits per heavy atom. The SMILES string of the molecule is CC(C)c1cc(=O)n2c(n1)SC[C@@H]2CC(=O)N1C[C@@H](C)O[C@H](C)C1. The maximum atomic E-state index is 12.7. The van der Waals surface area contributed by atoms with Crippen molar-refractivity contribution in [1.29, 1.82) is 0 Å². The minimum atomic E-state index is -0.104. The first-order valence-corrected chi connectivity index (χ1v) is 9.53. The Kier molecular flexibility index (Phi) is 5.01. The van der Waals surface area contributed by atoms with Crippen LogP contribution in [0.25, 0.3) is 0 Å². The molecule has 7 heteroatoms. The minimum absolute atomic E-state index is 0.0461. The molecule has 0 saturated carbocycles. The quantitative estimate of drug-likeness (QED) is 0.780. The fraction of sp³-hybridized carbons (Fsp3) is 0.706. The predicted molar refractivity (Wildman–Crippen MR) is 93.6 cm³/mol. The van der Waals surface area contributed by atoms with E-state index in [1.54, 1.807) is 22.4 Å². The van der Waals surface area contributed by atoms with Crippen LogP contribution in [0.1, 0.15) is 51.8 Å². The van der Waals surface area contributed by atoms with Gasteiger partial charge in [0, 0.05) is 31.3 Å². The topological polar surface area (TPSA) is 64.4 Å². The van der Waals surface area contributed by atoms with E-state index in [1.807, 2.05) is 32.6 Å². The highest BCUT2D eigenvalue weighted by atomic mass is 32.2. The van der Waals surface area contributed by atoms with Crippen molar-refractivity contribution in [1.82, 2.24) is 14.5 Å². The van der Waals surface area contributed by atoms with Gasteiger partial charge in [0.25, 0.3) is 5.56 Å². The summed E-state index contributed by atoms with van der Waals surface area (Å²) in [5.74, 6) is 1.04. The molecule has 1 fully saturated rings. The summed E-state index contributed by atoms with van der Waals surface area (Å²) in [6, 6.07) is 1.50. The van der Waals surface area contributed by atoms with Crippen molar-refractivity contribution >= 4 is 17.7 Å². The third-order valence-electron chi connectivity index (χ3n) is 4.48. The lowest BCUT2D eigenvalue weighted by molar-refractivity contribution is -0.143. The zero-order valence-corrected chi connectivity index (χ0v) is 15.5. The highest BCUT2D eigenvalue weighted by Gasteiger charge is 2.32. The summed E-state index contributed by atoms with van der Waals surface area (Å²) >= 11 is 1.57. The molecular formula is C17H25N3O3S. The van der Waals surface area contributed by atoms with Crippen LogP contribution in [0.4, 0.5) is 0 Å². The highest BCUT2D eigenvalue weighted by Crippen LogP contribution is 2.33. The molecule has 2 aliphatic rings. The van der Waals surface area contributed by atoms with Crippen LogP contribution < -0.4 is 5.56 Å². The minimum Gasteiger partial charge on any atom is -0.372 e. The van der Waals surface area contributed by atoms with Crippen LogP contribution in [0.3, 0.4) is 0 Å². The molecule has 24 heavy (non-hydrogen) atoms. The van der Waals surface area contributed by atoms with Crippen LogP contribution in [0.5, 0.6) is 0 Å². The standard InChI is InChI=1S/C17H25N3O3S/c1-10(2)14-6-16(22)20-13(9-24-17(20)18-14)5-15(21)19-7-11(3)23-12(4)8-19/h6,10-13H,5,7-9H2,1-4H3/t11-,12-,13+/m1/s1. The van der Waals surface area contributed by atoms with Gasteiger partial charge < -0.3 is 9.64 Å². The fourth-order valence-electron chi connectivity index (χ4n) is 3.33. The molecule has 0 unspecified atom stereocenters. The summed E-state index contributed by atoms with van der Waals surface area (Å²) in [4.78, 5) is 31.6. The van der Waals surface area contributed by atoms with E-state index in [1.165, 1.54) is 0 Å². The van der Waals surface area contributed by atoms with Crippen molar-refractivity contribution in [2.24, 2.45) is 0 Å². The molecule has 6 nitrogen and oxygen atoms in total. The van der Waals surface area contributed by atoms with E-state index in [-0.39, 0.29) is 35.6 Å². The number of ether oxygens (including phenoxy) is 1. The fourth-order valence-corrected chi connectivity index (χ4v) is 4.48. The molecule has 1 amide bonds. The van der Waals surface area contributed by atoms with Crippen LogP contribution in [0.15, 0.2) is 16.0 Å². The molecule has 132 valence electrons. The van der Waals surface area contributed by atoms with E-state index in [0.29, 0.717) is 19.5 Å². The van der Waals surface area contributed by atoms with Crippen molar-refractivity contribution in [3.05, 3.63) is 22.1 Å². The average Bonchev–Trinajstić information content (AvgIpc) is 2.89. The molecule has 0 bridgehead atoms. The van der Waals surface area contributed by atoms with E-state index in [2.05, 4.69) is 4.98 Å². The third-order valence-corrected chi connectivity index (χ3v) is 5.58. The zero-order valence-electron chi connectivity index (χ0n) is 14.7. The van der Waals surface area contributed by atoms with E-state index in [0.717, 1.165) is 16.6 Å². The maximum absolute atomic E-state index is 12.7. The lowest BCUT2D eigenvalue weighted by atomic mass is 10.1. The highest BCUT2D eigenvalue weighted by molar-refractivity contribution is 7.99. The number of nitrogens with zero attached hydrogens (tertiary/aromatic N) is 3. The number of thioether (sulfide) groups is 1. The summed E-state index contributed by atoms with van der Waals surface area (Å²) in [5, 5.41) is 0.743. The van der Waals surface area contributed by atoms with Gasteiger partial charge in [-0.1, -0.05) is 25.6 Å². The normalized spacial score (nSPS) is 26.7. The number of hydrogen-bond acceptors (Lipinski definition) is 5. The van der Waals surface area contributed by atoms with Gasteiger partial charge in [0.1, 0.15) is 0 Å². The van der Waals surface area contributed by atoms with Crippen LogP contribution in [-0.2, 0) is 9.53 Å². The second kappa shape index (κ2) is 6.88. The van der Waals surface area contributed by atoms with Crippen LogP contribution in [0, 0.1) is 0 Å². The predicted octanol–water partition coefficient (Wildman–Crippen LogP) is 2.04. The Labute approximate surface area is 146 Å². The molecule has 1 saturated heterocycles. The van der Waals surface area contributed by atoms with Crippen LogP contribution in [0.2, 0.25) is 0 Å². The molecule has 0 aromatic carbocycles. The van der Waals surface area contributed by atoms with E-state index in [4.69, 9.17) is 4.74 Å². The van der Waals surface area contributed by atoms with Crippen molar-refractivity contribution in [2.45, 2.75) is 63.4 Å². The van der Waals surface area contributed by atoms with Crippen LogP contribution in [-0.4, -0.2) is 51.4 Å². The third kappa shape index (κ3) is 3.52. The largest absolute Gasteiger partial charge is 0.372 e. The maximum Gasteiger partial charge on any atom is 0.254 e. The first kappa shape index (κ1) is 17.5. The van der Waals surface area contributed by atoms with E-state index < -0.39 is 0 Å². The molecule has 1 aromatic heterocycles. The lowest BCUT2D eigenvalue weighted by Crippen LogP contribution is -2.48. The zero-order chi connectivity index (χ0) is 17.4. The summed E-state index contributed by atoms with van der Waals surface area (Å²) in [7, 11) is 0. The van der Waals surface area contributed by atoms with Gasteiger partial charge in [-0.15, -0.1) is 0 Å². The summed E-state index contributed by atoms with van der Waals surface area (Å²) in [6.45, 7) is 9.27. The van der Waals surface area contributed by atoms with Gasteiger partial charge in [-0.2, -0.15) is 0 Å². The van der Waals surface area contributed by atoms with Crippen molar-refractivity contribution in [3.8, 4) is 0 Å². The first-order chi connectivity index (χ1) is 11.3. The summed E-state index contributed by atoms with van der Waals surface area (Å²) in [6.07, 6.45) is 0.462. The molecule has 0 spiro atoms. The lowest BCUT2D eigenvalue weighted by Gasteiger charge is -2.35. The van der Waals surface area contributed by atoms with Gasteiger partial charge in [-0.25, -0.2) is 4.98 Å². The number of fused-ring (bicyclic) bond motifs is 1. The molecule has 0 aliphatic carbocycles. The second-order valence-corrected chi connectivity index (χ2v) is 8.04. The van der Waals surface area contributed by atoms with E-state index >= 15 is 0 Å². The number of carbonyl (C=O) groups excluding carboxylic acids is 1. The van der Waals surface area contributed by atoms with Gasteiger partial charge in [-0.05, 0) is 19.8 Å². The number of morpholine rings is 1. The molecule has 3 rings (SSSR count). The monoisotopic (exact) mass is 351 g/mol. The average molecular weight is 351 g/mol. The molecule has 3 atom stereocenters. The van der Waals surface area contributed by atoms with Gasteiger partial charge in [-0.3, -0.25) is 14.2 Å². The van der Waals surface area contributed by atoms with Crippen molar-refractivity contribution < 1.29 is 9.53 Å². The number of rotatable bonds is 3. The molecular weight excluding hydrogens is 326 g/mol. The Morgan fingerprint density at radius 2 is 2.04 bits per heavy atom. The number of aromatic nitrogens is 2. The molecule has 2 aliphatic heterocycles. The van der Waals surface area contributed by atoms with Crippen molar-refractivity contribution in [2.75, 3.05) is 18.8 Å².